The number of aliphatic hydroxyl groups excluding tert-OH is 1. The van der Waals surface area contributed by atoms with E-state index in [2.05, 4.69) is 30.9 Å². The van der Waals surface area contributed by atoms with Crippen LogP contribution in [0.4, 0.5) is 0 Å². The first-order chi connectivity index (χ1) is 17.3. The zero-order chi connectivity index (χ0) is 28.1. The fourth-order valence-corrected chi connectivity index (χ4v) is 3.37. The number of aromatic nitrogens is 2. The minimum absolute atomic E-state index is 0.0448. The number of carboxylic acids is 1. The third-order valence-corrected chi connectivity index (χ3v) is 5.30. The Balaban J connectivity index is 2.87. The van der Waals surface area contributed by atoms with Gasteiger partial charge in [0.05, 0.1) is 18.5 Å². The van der Waals surface area contributed by atoms with Crippen LogP contribution < -0.4 is 33.2 Å². The molecule has 1 heterocycles. The number of nitrogens with two attached hydrogens (primary N) is 3. The maximum atomic E-state index is 13.0. The predicted molar refractivity (Wildman–Crippen MR) is 135 cm³/mol. The standard InChI is InChI=1S/C22H39N9O6/c1-11(2)7-15(19(34)30-16(21(36)37)8-13-9-26-10-28-13)29-20(35)17(12(3)32)31-18(33)14(23)5-4-6-27-22(24)25/h9-12,14-17,32H,4-8,23H2,1-3H3,(H,26,28)(H,29,35)(H,30,34)(H,31,33)(H,36,37)(H4,24,25,27). The number of carboxylic acid groups (broad SMARTS) is 1. The first-order valence-corrected chi connectivity index (χ1v) is 11.9. The van der Waals surface area contributed by atoms with Crippen molar-refractivity contribution in [2.45, 2.75) is 76.7 Å². The van der Waals surface area contributed by atoms with Gasteiger partial charge < -0.3 is 48.3 Å². The maximum absolute atomic E-state index is 13.0. The summed E-state index contributed by atoms with van der Waals surface area (Å²) in [4.78, 5) is 60.5. The number of H-pyrrole nitrogens is 1. The van der Waals surface area contributed by atoms with Gasteiger partial charge in [0.15, 0.2) is 5.96 Å². The topological polar surface area (TPSA) is 264 Å². The number of imidazole rings is 1. The van der Waals surface area contributed by atoms with Gasteiger partial charge in [-0.2, -0.15) is 0 Å². The van der Waals surface area contributed by atoms with Crippen LogP contribution >= 0.6 is 0 Å². The van der Waals surface area contributed by atoms with Gasteiger partial charge in [0, 0.05) is 24.9 Å². The fourth-order valence-electron chi connectivity index (χ4n) is 3.37. The van der Waals surface area contributed by atoms with E-state index < -0.39 is 54.0 Å². The highest BCUT2D eigenvalue weighted by Gasteiger charge is 2.32. The molecule has 0 saturated heterocycles. The van der Waals surface area contributed by atoms with Crippen LogP contribution in [0, 0.1) is 5.92 Å². The van der Waals surface area contributed by atoms with Crippen LogP contribution in [0.3, 0.4) is 0 Å². The number of rotatable bonds is 16. The van der Waals surface area contributed by atoms with Crippen LogP contribution in [0.2, 0.25) is 0 Å². The summed E-state index contributed by atoms with van der Waals surface area (Å²) in [6, 6.07) is -4.79. The Morgan fingerprint density at radius 2 is 1.70 bits per heavy atom. The lowest BCUT2D eigenvalue weighted by Gasteiger charge is -2.27. The third-order valence-electron chi connectivity index (χ3n) is 5.30. The Labute approximate surface area is 215 Å². The van der Waals surface area contributed by atoms with Crippen molar-refractivity contribution in [2.24, 2.45) is 28.1 Å². The second-order valence-corrected chi connectivity index (χ2v) is 9.15. The van der Waals surface area contributed by atoms with E-state index in [0.717, 1.165) is 0 Å². The molecule has 0 aliphatic rings. The molecule has 0 bridgehead atoms. The van der Waals surface area contributed by atoms with E-state index in [1.807, 2.05) is 13.8 Å². The maximum Gasteiger partial charge on any atom is 0.326 e. The Bertz CT molecular complexity index is 916. The molecule has 0 saturated carbocycles. The highest BCUT2D eigenvalue weighted by Crippen LogP contribution is 2.08. The highest BCUT2D eigenvalue weighted by molar-refractivity contribution is 5.94. The summed E-state index contributed by atoms with van der Waals surface area (Å²) < 4.78 is 0. The molecule has 15 nitrogen and oxygen atoms in total. The smallest absolute Gasteiger partial charge is 0.326 e. The van der Waals surface area contributed by atoms with Crippen LogP contribution in [0.15, 0.2) is 17.5 Å². The summed E-state index contributed by atoms with van der Waals surface area (Å²) in [6.45, 7) is 5.21. The molecule has 5 unspecified atom stereocenters. The van der Waals surface area contributed by atoms with Crippen LogP contribution in [-0.4, -0.2) is 86.6 Å². The van der Waals surface area contributed by atoms with Crippen LogP contribution in [0.5, 0.6) is 0 Å². The molecule has 12 N–H and O–H groups in total. The fraction of sp³-hybridized carbons (Fsp3) is 0.636. The molecule has 1 aromatic heterocycles. The molecule has 0 radical (unpaired) electrons. The number of aliphatic imine (C=N–C) groups is 1. The normalized spacial score (nSPS) is 15.1. The van der Waals surface area contributed by atoms with Crippen molar-refractivity contribution in [2.75, 3.05) is 6.54 Å². The number of amides is 3. The predicted octanol–water partition coefficient (Wildman–Crippen LogP) is -2.70. The first kappa shape index (κ1) is 31.3. The van der Waals surface area contributed by atoms with Gasteiger partial charge in [-0.15, -0.1) is 0 Å². The summed E-state index contributed by atoms with van der Waals surface area (Å²) in [7, 11) is 0. The number of nitrogens with zero attached hydrogens (tertiary/aromatic N) is 2. The SMILES string of the molecule is CC(C)CC(NC(=O)C(NC(=O)C(N)CCCN=C(N)N)C(C)O)C(=O)NC(Cc1cnc[nH]1)C(=O)O. The summed E-state index contributed by atoms with van der Waals surface area (Å²) >= 11 is 0. The van der Waals surface area contributed by atoms with E-state index in [1.54, 1.807) is 0 Å². The monoisotopic (exact) mass is 525 g/mol. The average molecular weight is 526 g/mol. The zero-order valence-corrected chi connectivity index (χ0v) is 21.3. The number of aliphatic hydroxyl groups is 1. The lowest BCUT2D eigenvalue weighted by atomic mass is 10.0. The molecular weight excluding hydrogens is 486 g/mol. The molecule has 1 rings (SSSR count). The molecule has 0 fully saturated rings. The molecule has 0 aliphatic carbocycles. The average Bonchev–Trinajstić information content (AvgIpc) is 3.31. The number of aromatic amines is 1. The molecule has 0 spiro atoms. The number of aliphatic carboxylic acids is 1. The second-order valence-electron chi connectivity index (χ2n) is 9.15. The molecule has 15 heteroatoms. The van der Waals surface area contributed by atoms with E-state index >= 15 is 0 Å². The third kappa shape index (κ3) is 11.7. The Morgan fingerprint density at radius 1 is 1.05 bits per heavy atom. The van der Waals surface area contributed by atoms with E-state index in [4.69, 9.17) is 17.2 Å². The van der Waals surface area contributed by atoms with Gasteiger partial charge in [-0.3, -0.25) is 19.4 Å². The summed E-state index contributed by atoms with van der Waals surface area (Å²) in [5.74, 6) is -3.62. The van der Waals surface area contributed by atoms with Gasteiger partial charge in [0.25, 0.3) is 0 Å². The largest absolute Gasteiger partial charge is 0.480 e. The molecule has 37 heavy (non-hydrogen) atoms. The summed E-state index contributed by atoms with van der Waals surface area (Å²) in [5, 5.41) is 27.0. The minimum atomic E-state index is -1.40. The quantitative estimate of drug-likeness (QED) is 0.0612. The Hall–Kier alpha value is -3.72. The molecular formula is C22H39N9O6. The highest BCUT2D eigenvalue weighted by atomic mass is 16.4. The van der Waals surface area contributed by atoms with E-state index in [9.17, 15) is 29.4 Å². The molecule has 5 atom stereocenters. The van der Waals surface area contributed by atoms with Gasteiger partial charge in [-0.1, -0.05) is 13.8 Å². The Kier molecular flexibility index (Phi) is 13.0. The molecule has 0 aliphatic heterocycles. The van der Waals surface area contributed by atoms with Crippen molar-refractivity contribution in [3.63, 3.8) is 0 Å². The van der Waals surface area contributed by atoms with Crippen molar-refractivity contribution < 1.29 is 29.4 Å². The lowest BCUT2D eigenvalue weighted by molar-refractivity contribution is -0.142. The number of carbonyl (C=O) groups is 4. The molecule has 1 aromatic rings. The van der Waals surface area contributed by atoms with Crippen molar-refractivity contribution in [1.82, 2.24) is 25.9 Å². The number of nitrogens with one attached hydrogen (secondary N) is 4. The number of carbonyl (C=O) groups excluding carboxylic acids is 3. The van der Waals surface area contributed by atoms with Gasteiger partial charge >= 0.3 is 5.97 Å². The van der Waals surface area contributed by atoms with Crippen LogP contribution in [0.1, 0.15) is 45.7 Å². The number of hydrogen-bond donors (Lipinski definition) is 9. The van der Waals surface area contributed by atoms with Crippen LogP contribution in [-0.2, 0) is 25.6 Å². The van der Waals surface area contributed by atoms with Gasteiger partial charge in [0.2, 0.25) is 17.7 Å². The first-order valence-electron chi connectivity index (χ1n) is 11.9. The molecule has 3 amide bonds. The number of guanidine groups is 1. The van der Waals surface area contributed by atoms with Crippen LogP contribution in [0.25, 0.3) is 0 Å². The minimum Gasteiger partial charge on any atom is -0.480 e. The van der Waals surface area contributed by atoms with E-state index in [0.29, 0.717) is 12.1 Å². The van der Waals surface area contributed by atoms with E-state index in [1.165, 1.54) is 19.4 Å². The van der Waals surface area contributed by atoms with Gasteiger partial charge in [0.1, 0.15) is 18.1 Å². The van der Waals surface area contributed by atoms with Crippen molar-refractivity contribution in [1.29, 1.82) is 0 Å². The van der Waals surface area contributed by atoms with Gasteiger partial charge in [-0.25, -0.2) is 9.78 Å². The van der Waals surface area contributed by atoms with Crippen molar-refractivity contribution >= 4 is 29.7 Å². The van der Waals surface area contributed by atoms with Gasteiger partial charge in [-0.05, 0) is 32.1 Å². The summed E-state index contributed by atoms with van der Waals surface area (Å²) in [6.07, 6.45) is 2.29. The molecule has 208 valence electrons. The van der Waals surface area contributed by atoms with E-state index in [-0.39, 0.29) is 37.7 Å². The number of hydrogen-bond acceptors (Lipinski definition) is 8. The Morgan fingerprint density at radius 3 is 2.22 bits per heavy atom. The zero-order valence-electron chi connectivity index (χ0n) is 21.3. The van der Waals surface area contributed by atoms with Crippen molar-refractivity contribution in [3.05, 3.63) is 18.2 Å². The van der Waals surface area contributed by atoms with Crippen molar-refractivity contribution in [3.8, 4) is 0 Å². The summed E-state index contributed by atoms with van der Waals surface area (Å²) in [5.41, 5.74) is 16.9. The molecule has 0 aromatic carbocycles. The second kappa shape index (κ2) is 15.4. The lowest BCUT2D eigenvalue weighted by Crippen LogP contribution is -2.60.